The summed E-state index contributed by atoms with van der Waals surface area (Å²) < 4.78 is 1.81. The van der Waals surface area contributed by atoms with E-state index in [1.165, 1.54) is 11.3 Å². The second kappa shape index (κ2) is 5.76. The van der Waals surface area contributed by atoms with E-state index in [0.29, 0.717) is 10.9 Å². The largest absolute Gasteiger partial charge is 0.383 e. The van der Waals surface area contributed by atoms with Gasteiger partial charge in [-0.3, -0.25) is 5.43 Å². The lowest BCUT2D eigenvalue weighted by molar-refractivity contribution is 0.878. The molecule has 0 aliphatic heterocycles. The van der Waals surface area contributed by atoms with Crippen LogP contribution < -0.4 is 11.2 Å². The molecular weight excluding hydrogens is 284 g/mol. The molecule has 6 nitrogen and oxygen atoms in total. The van der Waals surface area contributed by atoms with Crippen LogP contribution >= 0.6 is 11.3 Å². The summed E-state index contributed by atoms with van der Waals surface area (Å²) in [5, 5.41) is 10.9. The number of nitrogens with zero attached hydrogens (tertiary/aromatic N) is 4. The molecule has 0 unspecified atom stereocenters. The minimum atomic E-state index is 0.491. The number of aryl methyl sites for hydroxylation is 1. The van der Waals surface area contributed by atoms with Crippen LogP contribution in [0.1, 0.15) is 11.1 Å². The molecule has 0 atom stereocenters. The van der Waals surface area contributed by atoms with Crippen molar-refractivity contribution in [2.24, 2.45) is 5.10 Å². The number of aromatic nitrogens is 3. The lowest BCUT2D eigenvalue weighted by Gasteiger charge is -2.06. The molecule has 0 saturated carbocycles. The minimum absolute atomic E-state index is 0.491. The van der Waals surface area contributed by atoms with Crippen molar-refractivity contribution < 1.29 is 0 Å². The van der Waals surface area contributed by atoms with E-state index in [2.05, 4.69) is 26.7 Å². The zero-order valence-electron chi connectivity index (χ0n) is 11.4. The Morgan fingerprint density at radius 3 is 3.05 bits per heavy atom. The van der Waals surface area contributed by atoms with E-state index >= 15 is 0 Å². The number of hydrazone groups is 1. The quantitative estimate of drug-likeness (QED) is 0.573. The van der Waals surface area contributed by atoms with Gasteiger partial charge in [-0.25, -0.2) is 9.67 Å². The predicted octanol–water partition coefficient (Wildman–Crippen LogP) is 2.67. The zero-order valence-corrected chi connectivity index (χ0v) is 12.2. The summed E-state index contributed by atoms with van der Waals surface area (Å²) in [6, 6.07) is 8.00. The first-order valence-corrected chi connectivity index (χ1v) is 7.21. The Balaban J connectivity index is 1.85. The summed E-state index contributed by atoms with van der Waals surface area (Å²) in [6.45, 7) is 2.04. The Labute approximate surface area is 125 Å². The molecule has 0 aliphatic rings. The normalized spacial score (nSPS) is 11.1. The SMILES string of the molecule is Cc1ccc(-n2cccn2)c(C=NNc2nc(N)cs2)c1. The third kappa shape index (κ3) is 3.09. The van der Waals surface area contributed by atoms with E-state index < -0.39 is 0 Å². The summed E-state index contributed by atoms with van der Waals surface area (Å²) in [4.78, 5) is 4.09. The fourth-order valence-electron chi connectivity index (χ4n) is 1.89. The van der Waals surface area contributed by atoms with Crippen LogP contribution in [0.5, 0.6) is 0 Å². The molecular formula is C14H14N6S. The van der Waals surface area contributed by atoms with Crippen LogP contribution in [0, 0.1) is 6.92 Å². The second-order valence-corrected chi connectivity index (χ2v) is 5.32. The van der Waals surface area contributed by atoms with Gasteiger partial charge in [0.1, 0.15) is 5.82 Å². The molecule has 2 heterocycles. The molecule has 0 saturated heterocycles. The van der Waals surface area contributed by atoms with Crippen LogP contribution in [0.15, 0.2) is 47.1 Å². The third-order valence-electron chi connectivity index (χ3n) is 2.82. The summed E-state index contributed by atoms with van der Waals surface area (Å²) >= 11 is 1.41. The molecule has 0 amide bonds. The van der Waals surface area contributed by atoms with Crippen molar-refractivity contribution in [3.05, 3.63) is 53.2 Å². The lowest BCUT2D eigenvalue weighted by atomic mass is 10.1. The molecule has 1 aromatic carbocycles. The van der Waals surface area contributed by atoms with Gasteiger partial charge in [-0.1, -0.05) is 11.6 Å². The van der Waals surface area contributed by atoms with E-state index in [1.54, 1.807) is 17.8 Å². The first kappa shape index (κ1) is 13.3. The van der Waals surface area contributed by atoms with Crippen molar-refractivity contribution >= 4 is 28.5 Å². The van der Waals surface area contributed by atoms with Gasteiger partial charge >= 0.3 is 0 Å². The fourth-order valence-corrected chi connectivity index (χ4v) is 2.44. The Morgan fingerprint density at radius 2 is 2.33 bits per heavy atom. The van der Waals surface area contributed by atoms with Crippen LogP contribution in [-0.4, -0.2) is 21.0 Å². The smallest absolute Gasteiger partial charge is 0.205 e. The average Bonchev–Trinajstić information content (AvgIpc) is 3.11. The Morgan fingerprint density at radius 1 is 1.43 bits per heavy atom. The number of benzene rings is 1. The highest BCUT2D eigenvalue weighted by molar-refractivity contribution is 7.14. The van der Waals surface area contributed by atoms with Crippen LogP contribution in [0.4, 0.5) is 10.9 Å². The van der Waals surface area contributed by atoms with Crippen LogP contribution in [0.2, 0.25) is 0 Å². The number of nitrogens with two attached hydrogens (primary N) is 1. The maximum Gasteiger partial charge on any atom is 0.205 e. The van der Waals surface area contributed by atoms with Crippen LogP contribution in [0.25, 0.3) is 5.69 Å². The highest BCUT2D eigenvalue weighted by Gasteiger charge is 2.03. The average molecular weight is 298 g/mol. The second-order valence-electron chi connectivity index (χ2n) is 4.46. The Hall–Kier alpha value is -2.67. The Bertz CT molecular complexity index is 760. The summed E-state index contributed by atoms with van der Waals surface area (Å²) in [5.41, 5.74) is 11.5. The van der Waals surface area contributed by atoms with E-state index in [-0.39, 0.29) is 0 Å². The molecule has 7 heteroatoms. The zero-order chi connectivity index (χ0) is 14.7. The lowest BCUT2D eigenvalue weighted by Crippen LogP contribution is -2.01. The molecule has 3 aromatic rings. The van der Waals surface area contributed by atoms with Gasteiger partial charge < -0.3 is 5.73 Å². The molecule has 21 heavy (non-hydrogen) atoms. The molecule has 106 valence electrons. The van der Waals surface area contributed by atoms with Gasteiger partial charge in [0, 0.05) is 23.3 Å². The van der Waals surface area contributed by atoms with Crippen molar-refractivity contribution in [1.29, 1.82) is 0 Å². The van der Waals surface area contributed by atoms with Gasteiger partial charge in [-0.2, -0.15) is 10.2 Å². The van der Waals surface area contributed by atoms with Crippen LogP contribution in [-0.2, 0) is 0 Å². The molecule has 2 aromatic heterocycles. The molecule has 0 fully saturated rings. The maximum absolute atomic E-state index is 5.57. The van der Waals surface area contributed by atoms with Gasteiger partial charge in [0.15, 0.2) is 0 Å². The standard InChI is InChI=1S/C14H14N6S/c1-10-3-4-12(20-6-2-5-17-20)11(7-10)8-16-19-14-18-13(15)9-21-14/h2-9H,15H2,1H3,(H,18,19). The summed E-state index contributed by atoms with van der Waals surface area (Å²) in [7, 11) is 0. The molecule has 3 rings (SSSR count). The van der Waals surface area contributed by atoms with E-state index in [9.17, 15) is 0 Å². The van der Waals surface area contributed by atoms with Gasteiger partial charge in [0.2, 0.25) is 5.13 Å². The van der Waals surface area contributed by atoms with Crippen molar-refractivity contribution in [1.82, 2.24) is 14.8 Å². The highest BCUT2D eigenvalue weighted by Crippen LogP contribution is 2.17. The maximum atomic E-state index is 5.57. The molecule has 0 aliphatic carbocycles. The Kier molecular flexibility index (Phi) is 3.65. The summed E-state index contributed by atoms with van der Waals surface area (Å²) in [6.07, 6.45) is 5.40. The number of nitrogen functional groups attached to an aromatic ring is 1. The van der Waals surface area contributed by atoms with Crippen molar-refractivity contribution in [3.8, 4) is 5.69 Å². The van der Waals surface area contributed by atoms with Crippen molar-refractivity contribution in [2.45, 2.75) is 6.92 Å². The minimum Gasteiger partial charge on any atom is -0.383 e. The number of nitrogens with one attached hydrogen (secondary N) is 1. The topological polar surface area (TPSA) is 81.1 Å². The van der Waals surface area contributed by atoms with Crippen molar-refractivity contribution in [3.63, 3.8) is 0 Å². The number of hydrogen-bond donors (Lipinski definition) is 2. The number of thiazole rings is 1. The van der Waals surface area contributed by atoms with Gasteiger partial charge in [0.25, 0.3) is 0 Å². The van der Waals surface area contributed by atoms with Crippen molar-refractivity contribution in [2.75, 3.05) is 11.2 Å². The first-order valence-electron chi connectivity index (χ1n) is 6.33. The van der Waals surface area contributed by atoms with Gasteiger partial charge in [-0.05, 0) is 25.1 Å². The number of hydrogen-bond acceptors (Lipinski definition) is 6. The fraction of sp³-hybridized carbons (Fsp3) is 0.0714. The number of rotatable bonds is 4. The molecule has 0 bridgehead atoms. The number of anilines is 2. The monoisotopic (exact) mass is 298 g/mol. The van der Waals surface area contributed by atoms with E-state index in [4.69, 9.17) is 5.73 Å². The molecule has 3 N–H and O–H groups in total. The molecule has 0 spiro atoms. The van der Waals surface area contributed by atoms with Gasteiger partial charge in [-0.15, -0.1) is 11.3 Å². The van der Waals surface area contributed by atoms with Crippen LogP contribution in [0.3, 0.4) is 0 Å². The molecule has 0 radical (unpaired) electrons. The van der Waals surface area contributed by atoms with E-state index in [0.717, 1.165) is 16.8 Å². The third-order valence-corrected chi connectivity index (χ3v) is 3.59. The van der Waals surface area contributed by atoms with Gasteiger partial charge in [0.05, 0.1) is 11.9 Å². The highest BCUT2D eigenvalue weighted by atomic mass is 32.1. The first-order chi connectivity index (χ1) is 10.2. The van der Waals surface area contributed by atoms with E-state index in [1.807, 2.05) is 36.0 Å². The predicted molar refractivity (Wildman–Crippen MR) is 86.0 cm³/mol. The summed E-state index contributed by atoms with van der Waals surface area (Å²) in [5.74, 6) is 0.491.